The first kappa shape index (κ1) is 67.0. The molecule has 0 rings (SSSR count). The number of ether oxygens (including phenoxy) is 1. The number of amides is 1. The molecule has 2 N–H and O–H groups in total. The summed E-state index contributed by atoms with van der Waals surface area (Å²) < 4.78 is 30.6. The monoisotopic (exact) mass is 992 g/mol. The lowest BCUT2D eigenvalue weighted by molar-refractivity contribution is -0.870. The zero-order valence-electron chi connectivity index (χ0n) is 46.1. The van der Waals surface area contributed by atoms with Crippen LogP contribution < -0.4 is 5.32 Å². The molecule has 69 heavy (non-hydrogen) atoms. The van der Waals surface area contributed by atoms with Gasteiger partial charge in [0.25, 0.3) is 0 Å². The molecule has 0 saturated heterocycles. The second-order valence-electron chi connectivity index (χ2n) is 20.8. The second kappa shape index (κ2) is 49.5. The predicted octanol–water partition coefficient (Wildman–Crippen LogP) is 17.3. The average molecular weight is 993 g/mol. The molecule has 0 spiro atoms. The number of hydrogen-bond donors (Lipinski definition) is 2. The van der Waals surface area contributed by atoms with Crippen LogP contribution >= 0.6 is 7.82 Å². The molecule has 0 bridgehead atoms. The summed E-state index contributed by atoms with van der Waals surface area (Å²) in [7, 11) is 1.48. The van der Waals surface area contributed by atoms with E-state index in [4.69, 9.17) is 13.8 Å². The van der Waals surface area contributed by atoms with Crippen molar-refractivity contribution in [1.82, 2.24) is 5.32 Å². The van der Waals surface area contributed by atoms with Crippen molar-refractivity contribution in [3.8, 4) is 0 Å². The van der Waals surface area contributed by atoms with Gasteiger partial charge in [0, 0.05) is 12.8 Å². The summed E-state index contributed by atoms with van der Waals surface area (Å²) in [5.41, 5.74) is 0. The third kappa shape index (κ3) is 50.7. The maximum atomic E-state index is 13.5. The van der Waals surface area contributed by atoms with E-state index in [1.54, 1.807) is 0 Å². The summed E-state index contributed by atoms with van der Waals surface area (Å²) in [4.78, 5) is 37.6. The lowest BCUT2D eigenvalue weighted by Crippen LogP contribution is -2.47. The topological polar surface area (TPSA) is 111 Å². The molecule has 3 unspecified atom stereocenters. The van der Waals surface area contributed by atoms with Gasteiger partial charge in [0.05, 0.1) is 33.8 Å². The first-order chi connectivity index (χ1) is 33.4. The number of allylic oxidation sites excluding steroid dienone is 7. The maximum Gasteiger partial charge on any atom is 0.472 e. The van der Waals surface area contributed by atoms with E-state index in [-0.39, 0.29) is 31.5 Å². The van der Waals surface area contributed by atoms with Gasteiger partial charge < -0.3 is 19.4 Å². The smallest absolute Gasteiger partial charge is 0.456 e. The summed E-state index contributed by atoms with van der Waals surface area (Å²) in [6, 6.07) is -0.856. The standard InChI is InChI=1S/C59H111N2O7P/c1-7-10-13-16-19-22-25-28-29-30-31-34-36-39-42-45-48-51-58(62)60-56(55-67-69(64,65)66-54-53-61(4,5)6)57(50-47-44-41-38-35-32-26-23-20-17-14-11-8-2)68-59(63)52-49-46-43-40-37-33-27-24-21-18-15-12-9-3/h19,22,28-29,31,34,47,50,56-57H,7-18,20-21,23-27,30,32-33,35-46,48-49,51-55H2,1-6H3,(H-,60,62,64,65)/p+1/b22-19-,29-28-,34-31-,50-47+. The summed E-state index contributed by atoms with van der Waals surface area (Å²) in [5, 5.41) is 3.04. The lowest BCUT2D eigenvalue weighted by Gasteiger charge is -2.27. The van der Waals surface area contributed by atoms with Gasteiger partial charge in [-0.05, 0) is 70.3 Å². The molecule has 0 aliphatic carbocycles. The minimum atomic E-state index is -4.45. The summed E-state index contributed by atoms with van der Waals surface area (Å²) >= 11 is 0. The molecule has 0 fully saturated rings. The minimum Gasteiger partial charge on any atom is -0.456 e. The molecule has 0 aromatic heterocycles. The van der Waals surface area contributed by atoms with Crippen LogP contribution in [0, 0.1) is 0 Å². The number of esters is 1. The Morgan fingerprint density at radius 1 is 0.507 bits per heavy atom. The molecule has 0 aliphatic rings. The van der Waals surface area contributed by atoms with Crippen molar-refractivity contribution < 1.29 is 37.3 Å². The fourth-order valence-electron chi connectivity index (χ4n) is 8.24. The first-order valence-corrected chi connectivity index (χ1v) is 30.5. The van der Waals surface area contributed by atoms with Crippen molar-refractivity contribution in [2.24, 2.45) is 0 Å². The molecule has 0 aromatic carbocycles. The Balaban J connectivity index is 5.40. The van der Waals surface area contributed by atoms with E-state index in [9.17, 15) is 19.0 Å². The van der Waals surface area contributed by atoms with Gasteiger partial charge in [0.1, 0.15) is 19.3 Å². The zero-order chi connectivity index (χ0) is 50.8. The van der Waals surface area contributed by atoms with Crippen molar-refractivity contribution >= 4 is 19.7 Å². The van der Waals surface area contributed by atoms with Gasteiger partial charge in [0.15, 0.2) is 0 Å². The van der Waals surface area contributed by atoms with Gasteiger partial charge >= 0.3 is 13.8 Å². The van der Waals surface area contributed by atoms with Crippen LogP contribution in [0.1, 0.15) is 265 Å². The number of hydrogen-bond acceptors (Lipinski definition) is 6. The summed E-state index contributed by atoms with van der Waals surface area (Å²) in [6.45, 7) is 6.97. The van der Waals surface area contributed by atoms with E-state index >= 15 is 0 Å². The van der Waals surface area contributed by atoms with E-state index in [0.717, 1.165) is 83.5 Å². The number of rotatable bonds is 52. The van der Waals surface area contributed by atoms with Gasteiger partial charge in [-0.2, -0.15) is 0 Å². The molecule has 404 valence electrons. The molecule has 0 saturated carbocycles. The molecule has 0 aromatic rings. The van der Waals surface area contributed by atoms with E-state index < -0.39 is 20.0 Å². The minimum absolute atomic E-state index is 0.0364. The molecule has 0 radical (unpaired) electrons. The first-order valence-electron chi connectivity index (χ1n) is 29.0. The Labute approximate surface area is 427 Å². The van der Waals surface area contributed by atoms with Gasteiger partial charge in [-0.25, -0.2) is 4.57 Å². The number of unbranched alkanes of at least 4 members (excludes halogenated alkanes) is 30. The quantitative estimate of drug-likeness (QED) is 0.0205. The third-order valence-electron chi connectivity index (χ3n) is 12.8. The van der Waals surface area contributed by atoms with E-state index in [1.807, 2.05) is 33.3 Å². The normalized spacial score (nSPS) is 14.1. The molecular weight excluding hydrogens is 880 g/mol. The number of nitrogens with one attached hydrogen (secondary N) is 1. The highest BCUT2D eigenvalue weighted by Crippen LogP contribution is 2.43. The van der Waals surface area contributed by atoms with Gasteiger partial charge in [0.2, 0.25) is 5.91 Å². The van der Waals surface area contributed by atoms with Crippen molar-refractivity contribution in [3.05, 3.63) is 48.6 Å². The van der Waals surface area contributed by atoms with Gasteiger partial charge in [-0.15, -0.1) is 0 Å². The third-order valence-corrected chi connectivity index (χ3v) is 13.8. The number of carbonyl (C=O) groups is 2. The van der Waals surface area contributed by atoms with Gasteiger partial charge in [-0.1, -0.05) is 230 Å². The van der Waals surface area contributed by atoms with Crippen LogP contribution in [0.2, 0.25) is 0 Å². The SMILES string of the molecule is CCCCC/C=C\C/C=C\C/C=C\CCCCCCC(=O)NC(COP(=O)(O)OCC[N+](C)(C)C)C(/C=C/CCCCCCCCCCCCC)OC(=O)CCCCCCCCCCCCCCC. The molecule has 9 nitrogen and oxygen atoms in total. The molecular formula is C59H112N2O7P+. The number of phosphoric acid groups is 1. The Kier molecular flexibility index (Phi) is 48.1. The second-order valence-corrected chi connectivity index (χ2v) is 22.3. The van der Waals surface area contributed by atoms with Crippen LogP contribution in [0.15, 0.2) is 48.6 Å². The van der Waals surface area contributed by atoms with Crippen molar-refractivity contribution in [3.63, 3.8) is 0 Å². The van der Waals surface area contributed by atoms with Crippen molar-refractivity contribution in [2.45, 2.75) is 277 Å². The largest absolute Gasteiger partial charge is 0.472 e. The average Bonchev–Trinajstić information content (AvgIpc) is 3.31. The molecule has 1 amide bonds. The Morgan fingerprint density at radius 3 is 1.35 bits per heavy atom. The fourth-order valence-corrected chi connectivity index (χ4v) is 8.98. The maximum absolute atomic E-state index is 13.5. The number of quaternary nitrogens is 1. The summed E-state index contributed by atoms with van der Waals surface area (Å²) in [5.74, 6) is -0.524. The zero-order valence-corrected chi connectivity index (χ0v) is 47.0. The highest BCUT2D eigenvalue weighted by molar-refractivity contribution is 7.47. The van der Waals surface area contributed by atoms with Crippen LogP contribution in [0.3, 0.4) is 0 Å². The Bertz CT molecular complexity index is 1330. The van der Waals surface area contributed by atoms with Crippen molar-refractivity contribution in [2.75, 3.05) is 40.9 Å². The van der Waals surface area contributed by atoms with Crippen LogP contribution in [-0.4, -0.2) is 74.3 Å². The predicted molar refractivity (Wildman–Crippen MR) is 295 cm³/mol. The molecule has 10 heteroatoms. The fraction of sp³-hybridized carbons (Fsp3) is 0.831. The Morgan fingerprint density at radius 2 is 0.884 bits per heavy atom. The van der Waals surface area contributed by atoms with Crippen LogP contribution in [0.4, 0.5) is 0 Å². The number of phosphoric ester groups is 1. The van der Waals surface area contributed by atoms with Crippen LogP contribution in [0.5, 0.6) is 0 Å². The number of nitrogens with zero attached hydrogens (tertiary/aromatic N) is 1. The van der Waals surface area contributed by atoms with Crippen LogP contribution in [0.25, 0.3) is 0 Å². The van der Waals surface area contributed by atoms with Gasteiger partial charge in [-0.3, -0.25) is 18.6 Å². The highest BCUT2D eigenvalue weighted by atomic mass is 31.2. The number of carbonyl (C=O) groups excluding carboxylic acids is 2. The molecule has 0 heterocycles. The molecule has 3 atom stereocenters. The molecule has 0 aliphatic heterocycles. The van der Waals surface area contributed by atoms with E-state index in [2.05, 4.69) is 62.5 Å². The van der Waals surface area contributed by atoms with E-state index in [0.29, 0.717) is 17.4 Å². The summed E-state index contributed by atoms with van der Waals surface area (Å²) in [6.07, 6.45) is 59.5. The van der Waals surface area contributed by atoms with Crippen molar-refractivity contribution in [1.29, 1.82) is 0 Å². The number of likely N-dealkylation sites (N-methyl/N-ethyl adjacent to an activating group) is 1. The Hall–Kier alpha value is -2.03. The van der Waals surface area contributed by atoms with Crippen LogP contribution in [-0.2, 0) is 27.9 Å². The highest BCUT2D eigenvalue weighted by Gasteiger charge is 2.30. The van der Waals surface area contributed by atoms with E-state index in [1.165, 1.54) is 148 Å². The lowest BCUT2D eigenvalue weighted by atomic mass is 10.0.